The number of nitrogen functional groups attached to an aromatic ring is 1. The van der Waals surface area contributed by atoms with Gasteiger partial charge in [-0.05, 0) is 35.8 Å². The van der Waals surface area contributed by atoms with Crippen molar-refractivity contribution in [2.45, 2.75) is 0 Å². The van der Waals surface area contributed by atoms with E-state index in [1.165, 1.54) is 0 Å². The predicted octanol–water partition coefficient (Wildman–Crippen LogP) is 1.50. The van der Waals surface area contributed by atoms with E-state index in [9.17, 15) is 4.79 Å². The normalized spacial score (nSPS) is 10.2. The molecule has 0 atom stereocenters. The van der Waals surface area contributed by atoms with Gasteiger partial charge < -0.3 is 16.2 Å². The van der Waals surface area contributed by atoms with E-state index in [2.05, 4.69) is 4.37 Å². The van der Waals surface area contributed by atoms with Crippen LogP contribution in [0.3, 0.4) is 0 Å². The molecule has 88 valence electrons. The maximum atomic E-state index is 11.1. The number of ether oxygens (including phenoxy) is 1. The van der Waals surface area contributed by atoms with Crippen molar-refractivity contribution in [2.75, 3.05) is 12.8 Å². The summed E-state index contributed by atoms with van der Waals surface area (Å²) in [5, 5.41) is 0. The lowest BCUT2D eigenvalue weighted by atomic mass is 10.1. The van der Waals surface area contributed by atoms with E-state index in [0.717, 1.165) is 22.8 Å². The monoisotopic (exact) mass is 249 g/mol. The van der Waals surface area contributed by atoms with Gasteiger partial charge in [-0.25, -0.2) is 0 Å². The van der Waals surface area contributed by atoms with Crippen molar-refractivity contribution in [3.05, 3.63) is 29.1 Å². The van der Waals surface area contributed by atoms with Crippen molar-refractivity contribution >= 4 is 23.1 Å². The zero-order valence-corrected chi connectivity index (χ0v) is 9.95. The fourth-order valence-corrected chi connectivity index (χ4v) is 2.10. The molecule has 4 N–H and O–H groups in total. The van der Waals surface area contributed by atoms with Gasteiger partial charge in [-0.2, -0.15) is 4.37 Å². The number of nitrogens with two attached hydrogens (primary N) is 2. The summed E-state index contributed by atoms with van der Waals surface area (Å²) in [5.74, 6) is 0.192. The van der Waals surface area contributed by atoms with Crippen molar-refractivity contribution in [3.63, 3.8) is 0 Å². The highest BCUT2D eigenvalue weighted by Gasteiger charge is 2.16. The van der Waals surface area contributed by atoms with Crippen LogP contribution in [0.25, 0.3) is 11.3 Å². The van der Waals surface area contributed by atoms with E-state index in [1.807, 2.05) is 12.1 Å². The molecular weight excluding hydrogens is 238 g/mol. The van der Waals surface area contributed by atoms with E-state index in [4.69, 9.17) is 16.2 Å². The zero-order valence-electron chi connectivity index (χ0n) is 9.14. The molecule has 0 radical (unpaired) electrons. The fraction of sp³-hybridized carbons (Fsp3) is 0.0909. The molecule has 1 aromatic carbocycles. The number of benzene rings is 1. The van der Waals surface area contributed by atoms with Crippen LogP contribution in [0.15, 0.2) is 24.3 Å². The van der Waals surface area contributed by atoms with Crippen molar-refractivity contribution in [2.24, 2.45) is 5.73 Å². The van der Waals surface area contributed by atoms with Crippen LogP contribution in [0.5, 0.6) is 5.75 Å². The molecule has 0 aliphatic carbocycles. The van der Waals surface area contributed by atoms with Crippen molar-refractivity contribution in [1.29, 1.82) is 0 Å². The number of rotatable bonds is 3. The number of carbonyl (C=O) groups is 1. The first kappa shape index (κ1) is 11.4. The van der Waals surface area contributed by atoms with Crippen LogP contribution < -0.4 is 16.2 Å². The Morgan fingerprint density at radius 3 is 2.47 bits per heavy atom. The molecule has 1 amide bonds. The van der Waals surface area contributed by atoms with Crippen LogP contribution in [0, 0.1) is 0 Å². The summed E-state index contributed by atoms with van der Waals surface area (Å²) in [6.07, 6.45) is 0. The number of hydrogen-bond acceptors (Lipinski definition) is 5. The minimum atomic E-state index is -0.556. The van der Waals surface area contributed by atoms with Crippen molar-refractivity contribution < 1.29 is 9.53 Å². The van der Waals surface area contributed by atoms with E-state index >= 15 is 0 Å². The van der Waals surface area contributed by atoms with Gasteiger partial charge in [-0.15, -0.1) is 0 Å². The van der Waals surface area contributed by atoms with Crippen LogP contribution in [-0.4, -0.2) is 17.4 Å². The summed E-state index contributed by atoms with van der Waals surface area (Å²) in [5.41, 5.74) is 12.7. The molecule has 17 heavy (non-hydrogen) atoms. The average Bonchev–Trinajstić information content (AvgIpc) is 2.71. The lowest BCUT2D eigenvalue weighted by molar-refractivity contribution is 0.100. The molecule has 6 heteroatoms. The minimum absolute atomic E-state index is 0.288. The van der Waals surface area contributed by atoms with Crippen LogP contribution in [-0.2, 0) is 0 Å². The second-order valence-corrected chi connectivity index (χ2v) is 4.14. The first-order valence-electron chi connectivity index (χ1n) is 4.83. The maximum Gasteiger partial charge on any atom is 0.262 e. The van der Waals surface area contributed by atoms with Gasteiger partial charge in [0.05, 0.1) is 12.8 Å². The van der Waals surface area contributed by atoms with Gasteiger partial charge in [0, 0.05) is 5.56 Å². The Bertz CT molecular complexity index is 548. The average molecular weight is 249 g/mol. The standard InChI is InChI=1S/C11H11N3O2S/c1-16-7-4-2-6(3-5-7)9-8(12)10(11(13)15)17-14-9/h2-5H,12H2,1H3,(H2,13,15). The number of amides is 1. The molecule has 0 saturated carbocycles. The summed E-state index contributed by atoms with van der Waals surface area (Å²) < 4.78 is 9.19. The lowest BCUT2D eigenvalue weighted by Gasteiger charge is -2.02. The van der Waals surface area contributed by atoms with Crippen LogP contribution in [0.1, 0.15) is 9.67 Å². The number of nitrogens with zero attached hydrogens (tertiary/aromatic N) is 1. The van der Waals surface area contributed by atoms with E-state index in [0.29, 0.717) is 11.4 Å². The third-order valence-corrected chi connectivity index (χ3v) is 3.19. The molecule has 2 rings (SSSR count). The molecule has 0 unspecified atom stereocenters. The molecule has 0 aliphatic heterocycles. The number of carbonyl (C=O) groups excluding carboxylic acids is 1. The van der Waals surface area contributed by atoms with Gasteiger partial charge in [0.25, 0.3) is 5.91 Å². The van der Waals surface area contributed by atoms with Crippen LogP contribution >= 0.6 is 11.5 Å². The molecule has 0 spiro atoms. The summed E-state index contributed by atoms with van der Waals surface area (Å²) in [6.45, 7) is 0. The van der Waals surface area contributed by atoms with Gasteiger partial charge in [-0.3, -0.25) is 4.79 Å². The predicted molar refractivity (Wildman–Crippen MR) is 67.0 cm³/mol. The molecule has 1 aromatic heterocycles. The van der Waals surface area contributed by atoms with Gasteiger partial charge in [0.15, 0.2) is 0 Å². The lowest BCUT2D eigenvalue weighted by Crippen LogP contribution is -2.10. The SMILES string of the molecule is COc1ccc(-c2nsc(C(N)=O)c2N)cc1. The van der Waals surface area contributed by atoms with Crippen molar-refractivity contribution in [3.8, 4) is 17.0 Å². The Hall–Kier alpha value is -2.08. The zero-order chi connectivity index (χ0) is 12.4. The van der Waals surface area contributed by atoms with Crippen molar-refractivity contribution in [1.82, 2.24) is 4.37 Å². The molecule has 0 fully saturated rings. The molecule has 2 aromatic rings. The second kappa shape index (κ2) is 4.42. The summed E-state index contributed by atoms with van der Waals surface area (Å²) in [4.78, 5) is 11.3. The second-order valence-electron chi connectivity index (χ2n) is 3.37. The molecule has 1 heterocycles. The highest BCUT2D eigenvalue weighted by atomic mass is 32.1. The van der Waals surface area contributed by atoms with E-state index in [-0.39, 0.29) is 4.88 Å². The van der Waals surface area contributed by atoms with E-state index in [1.54, 1.807) is 19.2 Å². The maximum absolute atomic E-state index is 11.1. The third-order valence-electron chi connectivity index (χ3n) is 2.32. The number of anilines is 1. The number of methoxy groups -OCH3 is 1. The molecule has 0 saturated heterocycles. The summed E-state index contributed by atoms with van der Waals surface area (Å²) in [7, 11) is 1.59. The van der Waals surface area contributed by atoms with Gasteiger partial charge >= 0.3 is 0 Å². The molecule has 0 aliphatic rings. The van der Waals surface area contributed by atoms with Crippen LogP contribution in [0.4, 0.5) is 5.69 Å². The number of hydrogen-bond donors (Lipinski definition) is 2. The Kier molecular flexibility index (Phi) is 2.97. The minimum Gasteiger partial charge on any atom is -0.497 e. The summed E-state index contributed by atoms with van der Waals surface area (Å²) >= 11 is 1.01. The highest BCUT2D eigenvalue weighted by Crippen LogP contribution is 2.31. The Morgan fingerprint density at radius 1 is 1.35 bits per heavy atom. The first-order valence-corrected chi connectivity index (χ1v) is 5.60. The van der Waals surface area contributed by atoms with Gasteiger partial charge in [0.2, 0.25) is 0 Å². The number of primary amides is 1. The Morgan fingerprint density at radius 2 is 2.00 bits per heavy atom. The molecule has 0 bridgehead atoms. The van der Waals surface area contributed by atoms with Gasteiger partial charge in [0.1, 0.15) is 16.3 Å². The smallest absolute Gasteiger partial charge is 0.262 e. The molecule has 5 nitrogen and oxygen atoms in total. The quantitative estimate of drug-likeness (QED) is 0.862. The summed E-state index contributed by atoms with van der Waals surface area (Å²) in [6, 6.07) is 7.26. The van der Waals surface area contributed by atoms with Gasteiger partial charge in [-0.1, -0.05) is 0 Å². The topological polar surface area (TPSA) is 91.2 Å². The van der Waals surface area contributed by atoms with E-state index < -0.39 is 5.91 Å². The highest BCUT2D eigenvalue weighted by molar-refractivity contribution is 7.09. The van der Waals surface area contributed by atoms with Crippen LogP contribution in [0.2, 0.25) is 0 Å². The number of aromatic nitrogens is 1. The first-order chi connectivity index (χ1) is 8.13. The largest absolute Gasteiger partial charge is 0.497 e. The molecular formula is C11H11N3O2S. The Balaban J connectivity index is 2.42. The fourth-order valence-electron chi connectivity index (χ4n) is 1.43. The Labute approximate surface area is 102 Å². The third kappa shape index (κ3) is 2.07.